The van der Waals surface area contributed by atoms with E-state index in [1.54, 1.807) is 0 Å². The molecule has 0 saturated heterocycles. The Labute approximate surface area is 96.7 Å². The van der Waals surface area contributed by atoms with E-state index in [2.05, 4.69) is 14.9 Å². The number of aryl methyl sites for hydroxylation is 1. The summed E-state index contributed by atoms with van der Waals surface area (Å²) in [7, 11) is 2.02. The molecule has 90 valence electrons. The predicted octanol–water partition coefficient (Wildman–Crippen LogP) is 0.713. The molecule has 0 spiro atoms. The molecule has 0 aromatic carbocycles. The number of aliphatic hydroxyl groups is 1. The standard InChI is InChI=1S/C12H21N3O/c1-15-7-6-14-12(15)4-5-13-9-10-2-3-11(16)8-10/h6-7,10-11,13,16H,2-5,8-9H2,1H3. The Morgan fingerprint density at radius 1 is 1.56 bits per heavy atom. The van der Waals surface area contributed by atoms with E-state index in [4.69, 9.17) is 0 Å². The first-order valence-electron chi connectivity index (χ1n) is 6.10. The second kappa shape index (κ2) is 5.46. The minimum absolute atomic E-state index is 0.0543. The molecule has 4 heteroatoms. The fourth-order valence-corrected chi connectivity index (χ4v) is 2.38. The zero-order chi connectivity index (χ0) is 11.4. The van der Waals surface area contributed by atoms with Gasteiger partial charge in [-0.05, 0) is 31.7 Å². The van der Waals surface area contributed by atoms with Crippen molar-refractivity contribution in [2.75, 3.05) is 13.1 Å². The highest BCUT2D eigenvalue weighted by Crippen LogP contribution is 2.24. The molecule has 1 fully saturated rings. The van der Waals surface area contributed by atoms with Crippen LogP contribution in [0.15, 0.2) is 12.4 Å². The van der Waals surface area contributed by atoms with Gasteiger partial charge < -0.3 is 15.0 Å². The Morgan fingerprint density at radius 3 is 3.06 bits per heavy atom. The molecule has 0 aliphatic heterocycles. The van der Waals surface area contributed by atoms with Gasteiger partial charge in [-0.1, -0.05) is 0 Å². The Morgan fingerprint density at radius 2 is 2.44 bits per heavy atom. The first-order chi connectivity index (χ1) is 7.75. The smallest absolute Gasteiger partial charge is 0.109 e. The van der Waals surface area contributed by atoms with Crippen LogP contribution in [-0.2, 0) is 13.5 Å². The quantitative estimate of drug-likeness (QED) is 0.723. The Kier molecular flexibility index (Phi) is 3.96. The maximum absolute atomic E-state index is 9.40. The molecule has 2 N–H and O–H groups in total. The molecule has 0 radical (unpaired) electrons. The molecule has 2 atom stereocenters. The first-order valence-corrected chi connectivity index (χ1v) is 6.10. The lowest BCUT2D eigenvalue weighted by Gasteiger charge is -2.10. The maximum atomic E-state index is 9.40. The molecule has 2 rings (SSSR count). The third-order valence-electron chi connectivity index (χ3n) is 3.39. The van der Waals surface area contributed by atoms with E-state index in [1.165, 1.54) is 0 Å². The molecular formula is C12H21N3O. The fourth-order valence-electron chi connectivity index (χ4n) is 2.38. The molecule has 1 saturated carbocycles. The number of rotatable bonds is 5. The van der Waals surface area contributed by atoms with E-state index < -0.39 is 0 Å². The SMILES string of the molecule is Cn1ccnc1CCNCC1CCC(O)C1. The molecule has 1 aromatic heterocycles. The fraction of sp³-hybridized carbons (Fsp3) is 0.750. The van der Waals surface area contributed by atoms with Gasteiger partial charge in [0.15, 0.2) is 0 Å². The van der Waals surface area contributed by atoms with E-state index >= 15 is 0 Å². The lowest BCUT2D eigenvalue weighted by Crippen LogP contribution is -2.24. The monoisotopic (exact) mass is 223 g/mol. The summed E-state index contributed by atoms with van der Waals surface area (Å²) >= 11 is 0. The van der Waals surface area contributed by atoms with Crippen LogP contribution in [0.25, 0.3) is 0 Å². The van der Waals surface area contributed by atoms with Crippen molar-refractivity contribution < 1.29 is 5.11 Å². The van der Waals surface area contributed by atoms with E-state index in [1.807, 2.05) is 19.4 Å². The van der Waals surface area contributed by atoms with Gasteiger partial charge in [-0.25, -0.2) is 4.98 Å². The Bertz CT molecular complexity index is 324. The number of nitrogens with one attached hydrogen (secondary N) is 1. The van der Waals surface area contributed by atoms with E-state index in [0.717, 1.165) is 44.6 Å². The number of aromatic nitrogens is 2. The molecule has 16 heavy (non-hydrogen) atoms. The number of hydrogen-bond donors (Lipinski definition) is 2. The molecule has 2 unspecified atom stereocenters. The zero-order valence-corrected chi connectivity index (χ0v) is 9.89. The lowest BCUT2D eigenvalue weighted by molar-refractivity contribution is 0.177. The molecule has 1 heterocycles. The topological polar surface area (TPSA) is 50.1 Å². The van der Waals surface area contributed by atoms with Crippen LogP contribution in [0.2, 0.25) is 0 Å². The third-order valence-corrected chi connectivity index (χ3v) is 3.39. The van der Waals surface area contributed by atoms with Gasteiger partial charge in [-0.2, -0.15) is 0 Å². The van der Waals surface area contributed by atoms with Crippen molar-refractivity contribution in [1.29, 1.82) is 0 Å². The van der Waals surface area contributed by atoms with Crippen molar-refractivity contribution in [3.63, 3.8) is 0 Å². The van der Waals surface area contributed by atoms with E-state index in [0.29, 0.717) is 5.92 Å². The van der Waals surface area contributed by atoms with Crippen molar-refractivity contribution >= 4 is 0 Å². The average molecular weight is 223 g/mol. The molecule has 4 nitrogen and oxygen atoms in total. The third kappa shape index (κ3) is 3.06. The van der Waals surface area contributed by atoms with E-state index in [9.17, 15) is 5.11 Å². The summed E-state index contributed by atoms with van der Waals surface area (Å²) in [6.45, 7) is 2.00. The number of nitrogens with zero attached hydrogens (tertiary/aromatic N) is 2. The number of hydrogen-bond acceptors (Lipinski definition) is 3. The van der Waals surface area contributed by atoms with Crippen molar-refractivity contribution in [3.05, 3.63) is 18.2 Å². The summed E-state index contributed by atoms with van der Waals surface area (Å²) < 4.78 is 2.06. The van der Waals surface area contributed by atoms with Gasteiger partial charge in [-0.3, -0.25) is 0 Å². The van der Waals surface area contributed by atoms with Crippen LogP contribution in [-0.4, -0.2) is 33.9 Å². The number of imidazole rings is 1. The molecule has 1 aliphatic carbocycles. The van der Waals surface area contributed by atoms with Gasteiger partial charge in [-0.15, -0.1) is 0 Å². The molecule has 0 bridgehead atoms. The minimum atomic E-state index is -0.0543. The Hall–Kier alpha value is -0.870. The van der Waals surface area contributed by atoms with Gasteiger partial charge in [0.25, 0.3) is 0 Å². The Balaban J connectivity index is 1.60. The first kappa shape index (κ1) is 11.6. The van der Waals surface area contributed by atoms with Crippen LogP contribution in [0.1, 0.15) is 25.1 Å². The van der Waals surface area contributed by atoms with Gasteiger partial charge >= 0.3 is 0 Å². The summed E-state index contributed by atoms with van der Waals surface area (Å²) in [5.41, 5.74) is 0. The summed E-state index contributed by atoms with van der Waals surface area (Å²) in [4.78, 5) is 4.28. The minimum Gasteiger partial charge on any atom is -0.393 e. The van der Waals surface area contributed by atoms with Crippen LogP contribution < -0.4 is 5.32 Å². The van der Waals surface area contributed by atoms with Crippen LogP contribution in [0.5, 0.6) is 0 Å². The second-order valence-electron chi connectivity index (χ2n) is 4.74. The van der Waals surface area contributed by atoms with Crippen molar-refractivity contribution in [2.45, 2.75) is 31.8 Å². The summed E-state index contributed by atoms with van der Waals surface area (Å²) in [6.07, 6.45) is 7.84. The highest BCUT2D eigenvalue weighted by molar-refractivity contribution is 4.91. The van der Waals surface area contributed by atoms with E-state index in [-0.39, 0.29) is 6.10 Å². The molecular weight excluding hydrogens is 202 g/mol. The second-order valence-corrected chi connectivity index (χ2v) is 4.74. The van der Waals surface area contributed by atoms with Crippen molar-refractivity contribution in [2.24, 2.45) is 13.0 Å². The van der Waals surface area contributed by atoms with Gasteiger partial charge in [0.1, 0.15) is 5.82 Å². The summed E-state index contributed by atoms with van der Waals surface area (Å²) in [5, 5.41) is 12.9. The zero-order valence-electron chi connectivity index (χ0n) is 9.89. The van der Waals surface area contributed by atoms with Crippen LogP contribution in [0, 0.1) is 5.92 Å². The van der Waals surface area contributed by atoms with Gasteiger partial charge in [0.05, 0.1) is 6.10 Å². The average Bonchev–Trinajstić information content (AvgIpc) is 2.83. The predicted molar refractivity (Wildman–Crippen MR) is 63.1 cm³/mol. The van der Waals surface area contributed by atoms with Crippen molar-refractivity contribution in [3.8, 4) is 0 Å². The van der Waals surface area contributed by atoms with Crippen LogP contribution in [0.4, 0.5) is 0 Å². The lowest BCUT2D eigenvalue weighted by atomic mass is 10.1. The highest BCUT2D eigenvalue weighted by atomic mass is 16.3. The van der Waals surface area contributed by atoms with Crippen LogP contribution in [0.3, 0.4) is 0 Å². The summed E-state index contributed by atoms with van der Waals surface area (Å²) in [5.74, 6) is 1.79. The summed E-state index contributed by atoms with van der Waals surface area (Å²) in [6, 6.07) is 0. The van der Waals surface area contributed by atoms with Crippen LogP contribution >= 0.6 is 0 Å². The van der Waals surface area contributed by atoms with Gasteiger partial charge in [0.2, 0.25) is 0 Å². The molecule has 1 aromatic rings. The van der Waals surface area contributed by atoms with Gasteiger partial charge in [0, 0.05) is 32.4 Å². The normalized spacial score (nSPS) is 25.1. The number of aliphatic hydroxyl groups excluding tert-OH is 1. The molecule has 1 aliphatic rings. The van der Waals surface area contributed by atoms with Crippen molar-refractivity contribution in [1.82, 2.24) is 14.9 Å². The largest absolute Gasteiger partial charge is 0.393 e. The maximum Gasteiger partial charge on any atom is 0.109 e. The highest BCUT2D eigenvalue weighted by Gasteiger charge is 2.21. The molecule has 0 amide bonds.